The van der Waals surface area contributed by atoms with Crippen LogP contribution in [0.4, 0.5) is 0 Å². The van der Waals surface area contributed by atoms with Crippen LogP contribution in [-0.2, 0) is 13.0 Å². The molecular formula is C14H13N3O4. The maximum Gasteiger partial charge on any atom is 0.335 e. The lowest BCUT2D eigenvalue weighted by Crippen LogP contribution is -2.37. The highest BCUT2D eigenvalue weighted by molar-refractivity contribution is 5.92. The minimum absolute atomic E-state index is 0.0327. The Balaban J connectivity index is 1.86. The van der Waals surface area contributed by atoms with Crippen LogP contribution in [0.1, 0.15) is 38.0 Å². The van der Waals surface area contributed by atoms with E-state index in [0.29, 0.717) is 31.0 Å². The Morgan fingerprint density at radius 1 is 1.38 bits per heavy atom. The van der Waals surface area contributed by atoms with Crippen molar-refractivity contribution in [3.8, 4) is 0 Å². The Morgan fingerprint density at radius 3 is 2.86 bits per heavy atom. The molecule has 0 unspecified atom stereocenters. The third-order valence-corrected chi connectivity index (χ3v) is 3.50. The molecule has 21 heavy (non-hydrogen) atoms. The van der Waals surface area contributed by atoms with E-state index < -0.39 is 5.97 Å². The van der Waals surface area contributed by atoms with Gasteiger partial charge in [-0.1, -0.05) is 17.3 Å². The van der Waals surface area contributed by atoms with Crippen molar-refractivity contribution in [2.24, 2.45) is 0 Å². The summed E-state index contributed by atoms with van der Waals surface area (Å²) in [4.78, 5) is 29.0. The van der Waals surface area contributed by atoms with Gasteiger partial charge in [-0.05, 0) is 23.6 Å². The minimum atomic E-state index is -0.944. The molecule has 7 nitrogen and oxygen atoms in total. The molecule has 0 radical (unpaired) electrons. The lowest BCUT2D eigenvalue weighted by Gasteiger charge is -2.28. The van der Waals surface area contributed by atoms with Gasteiger partial charge < -0.3 is 14.5 Å². The predicted octanol–water partition coefficient (Wildman–Crippen LogP) is 1.27. The van der Waals surface area contributed by atoms with Crippen LogP contribution in [0.25, 0.3) is 0 Å². The molecule has 0 atom stereocenters. The van der Waals surface area contributed by atoms with Gasteiger partial charge in [-0.25, -0.2) is 4.79 Å². The first-order valence-corrected chi connectivity index (χ1v) is 6.50. The number of carbonyl (C=O) groups excluding carboxylic acids is 1. The fourth-order valence-electron chi connectivity index (χ4n) is 2.51. The van der Waals surface area contributed by atoms with Crippen LogP contribution in [0.3, 0.4) is 0 Å². The van der Waals surface area contributed by atoms with Crippen LogP contribution in [0.2, 0.25) is 0 Å². The molecule has 0 saturated heterocycles. The summed E-state index contributed by atoms with van der Waals surface area (Å²) >= 11 is 0. The van der Waals surface area contributed by atoms with E-state index in [-0.39, 0.29) is 11.7 Å². The Kier molecular flexibility index (Phi) is 3.17. The van der Waals surface area contributed by atoms with E-state index in [1.165, 1.54) is 0 Å². The maximum atomic E-state index is 12.3. The molecule has 7 heteroatoms. The molecule has 1 aromatic heterocycles. The number of amides is 1. The lowest BCUT2D eigenvalue weighted by molar-refractivity contribution is 0.0693. The Labute approximate surface area is 120 Å². The summed E-state index contributed by atoms with van der Waals surface area (Å²) in [6, 6.07) is 5.11. The zero-order valence-corrected chi connectivity index (χ0v) is 11.4. The summed E-state index contributed by atoms with van der Waals surface area (Å²) in [6.07, 6.45) is 0.500. The second-order valence-corrected chi connectivity index (χ2v) is 4.86. The molecule has 3 rings (SSSR count). The number of carbonyl (C=O) groups is 2. The number of aromatic carboxylic acids is 1. The molecule has 0 aliphatic carbocycles. The third-order valence-electron chi connectivity index (χ3n) is 3.50. The van der Waals surface area contributed by atoms with Gasteiger partial charge in [0.05, 0.1) is 5.56 Å². The van der Waals surface area contributed by atoms with E-state index in [1.807, 2.05) is 6.07 Å². The van der Waals surface area contributed by atoms with Crippen LogP contribution in [0.5, 0.6) is 0 Å². The van der Waals surface area contributed by atoms with E-state index in [9.17, 15) is 14.7 Å². The second kappa shape index (κ2) is 5.01. The van der Waals surface area contributed by atoms with E-state index in [4.69, 9.17) is 4.52 Å². The zero-order chi connectivity index (χ0) is 15.0. The summed E-state index contributed by atoms with van der Waals surface area (Å²) in [5.41, 5.74) is 1.93. The summed E-state index contributed by atoms with van der Waals surface area (Å²) < 4.78 is 4.81. The highest BCUT2D eigenvalue weighted by Crippen LogP contribution is 2.23. The molecular weight excluding hydrogens is 274 g/mol. The lowest BCUT2D eigenvalue weighted by atomic mass is 9.94. The normalized spacial score (nSPS) is 13.9. The van der Waals surface area contributed by atoms with Crippen molar-refractivity contribution in [3.05, 3.63) is 46.6 Å². The van der Waals surface area contributed by atoms with Crippen molar-refractivity contribution >= 4 is 11.9 Å². The van der Waals surface area contributed by atoms with Crippen LogP contribution < -0.4 is 0 Å². The number of nitrogens with zero attached hydrogens (tertiary/aromatic N) is 3. The third kappa shape index (κ3) is 2.37. The van der Waals surface area contributed by atoms with E-state index in [2.05, 4.69) is 10.1 Å². The quantitative estimate of drug-likeness (QED) is 0.893. The molecule has 0 bridgehead atoms. The number of benzene rings is 1. The fourth-order valence-corrected chi connectivity index (χ4v) is 2.51. The smallest absolute Gasteiger partial charge is 0.335 e. The molecule has 0 saturated carbocycles. The van der Waals surface area contributed by atoms with Crippen molar-refractivity contribution < 1.29 is 19.2 Å². The van der Waals surface area contributed by atoms with E-state index in [0.717, 1.165) is 11.1 Å². The predicted molar refractivity (Wildman–Crippen MR) is 70.9 cm³/mol. The number of fused-ring (bicyclic) bond motifs is 1. The highest BCUT2D eigenvalue weighted by atomic mass is 16.5. The summed E-state index contributed by atoms with van der Waals surface area (Å²) in [7, 11) is 0. The van der Waals surface area contributed by atoms with Crippen LogP contribution in [0.15, 0.2) is 22.7 Å². The number of rotatable bonds is 2. The van der Waals surface area contributed by atoms with E-state index in [1.54, 1.807) is 24.0 Å². The topological polar surface area (TPSA) is 96.5 Å². The number of carboxylic acid groups (broad SMARTS) is 1. The van der Waals surface area contributed by atoms with Gasteiger partial charge in [0, 0.05) is 20.0 Å². The van der Waals surface area contributed by atoms with Gasteiger partial charge in [0.25, 0.3) is 11.7 Å². The standard InChI is InChI=1S/C14H13N3O4/c1-8-15-12(16-21-8)13(18)17-6-5-10-9(7-17)3-2-4-11(10)14(19)20/h2-4H,5-7H2,1H3,(H,19,20). The van der Waals surface area contributed by atoms with Crippen molar-refractivity contribution in [2.75, 3.05) is 6.54 Å². The molecule has 1 amide bonds. The minimum Gasteiger partial charge on any atom is -0.478 e. The average Bonchev–Trinajstić information content (AvgIpc) is 2.91. The van der Waals surface area contributed by atoms with Gasteiger partial charge in [-0.15, -0.1) is 0 Å². The zero-order valence-electron chi connectivity index (χ0n) is 11.4. The SMILES string of the molecule is Cc1nc(C(=O)N2CCc3c(cccc3C(=O)O)C2)no1. The van der Waals surface area contributed by atoms with Gasteiger partial charge in [0.2, 0.25) is 5.89 Å². The highest BCUT2D eigenvalue weighted by Gasteiger charge is 2.27. The molecule has 0 spiro atoms. The van der Waals surface area contributed by atoms with Crippen molar-refractivity contribution in [2.45, 2.75) is 19.9 Å². The Hall–Kier alpha value is -2.70. The molecule has 2 heterocycles. The van der Waals surface area contributed by atoms with Crippen LogP contribution in [-0.4, -0.2) is 38.6 Å². The fraction of sp³-hybridized carbons (Fsp3) is 0.286. The second-order valence-electron chi connectivity index (χ2n) is 4.86. The molecule has 108 valence electrons. The summed E-state index contributed by atoms with van der Waals surface area (Å²) in [5, 5.41) is 12.8. The van der Waals surface area contributed by atoms with Gasteiger partial charge in [0.15, 0.2) is 0 Å². The number of aryl methyl sites for hydroxylation is 1. The average molecular weight is 287 g/mol. The number of hydrogen-bond donors (Lipinski definition) is 1. The molecule has 1 aliphatic heterocycles. The molecule has 0 fully saturated rings. The maximum absolute atomic E-state index is 12.3. The number of hydrogen-bond acceptors (Lipinski definition) is 5. The first-order valence-electron chi connectivity index (χ1n) is 6.50. The Bertz CT molecular complexity index is 723. The molecule has 1 N–H and O–H groups in total. The van der Waals surface area contributed by atoms with Gasteiger partial charge in [-0.3, -0.25) is 4.79 Å². The number of carboxylic acids is 1. The first-order chi connectivity index (χ1) is 10.1. The molecule has 2 aromatic rings. The van der Waals surface area contributed by atoms with E-state index >= 15 is 0 Å². The van der Waals surface area contributed by atoms with Crippen molar-refractivity contribution in [1.29, 1.82) is 0 Å². The Morgan fingerprint density at radius 2 is 2.19 bits per heavy atom. The summed E-state index contributed by atoms with van der Waals surface area (Å²) in [6.45, 7) is 2.40. The van der Waals surface area contributed by atoms with Crippen LogP contribution >= 0.6 is 0 Å². The molecule has 1 aromatic carbocycles. The van der Waals surface area contributed by atoms with Gasteiger partial charge in [0.1, 0.15) is 0 Å². The number of aromatic nitrogens is 2. The summed E-state index contributed by atoms with van der Waals surface area (Å²) in [5.74, 6) is -0.882. The van der Waals surface area contributed by atoms with Crippen LogP contribution in [0, 0.1) is 6.92 Å². The molecule has 1 aliphatic rings. The van der Waals surface area contributed by atoms with Gasteiger partial charge in [-0.2, -0.15) is 4.98 Å². The van der Waals surface area contributed by atoms with Crippen molar-refractivity contribution in [3.63, 3.8) is 0 Å². The van der Waals surface area contributed by atoms with Gasteiger partial charge >= 0.3 is 5.97 Å². The largest absolute Gasteiger partial charge is 0.478 e. The van der Waals surface area contributed by atoms with Crippen molar-refractivity contribution in [1.82, 2.24) is 15.0 Å². The first kappa shape index (κ1) is 13.3. The monoisotopic (exact) mass is 287 g/mol.